The number of nitrogens with zero attached hydrogens (tertiary/aromatic N) is 4. The Hall–Kier alpha value is -4.03. The molecule has 225 valence electrons. The van der Waals surface area contributed by atoms with Crippen LogP contribution in [0.5, 0.6) is 0 Å². The van der Waals surface area contributed by atoms with Gasteiger partial charge in [0.15, 0.2) is 0 Å². The fourth-order valence-electron chi connectivity index (χ4n) is 5.17. The smallest absolute Gasteiger partial charge is 0.267 e. The molecule has 1 aromatic heterocycles. The first-order valence-electron chi connectivity index (χ1n) is 15.6. The Morgan fingerprint density at radius 1 is 1.02 bits per heavy atom. The lowest BCUT2D eigenvalue weighted by Crippen LogP contribution is -2.29. The zero-order valence-corrected chi connectivity index (χ0v) is 26.2. The topological polar surface area (TPSA) is 59.7 Å². The minimum absolute atomic E-state index is 0.127. The minimum atomic E-state index is -0.127. The second-order valence-electron chi connectivity index (χ2n) is 10.7. The Morgan fingerprint density at radius 2 is 1.77 bits per heavy atom. The van der Waals surface area contributed by atoms with E-state index < -0.39 is 0 Å². The van der Waals surface area contributed by atoms with E-state index in [0.717, 1.165) is 73.4 Å². The van der Waals surface area contributed by atoms with Crippen LogP contribution in [0.3, 0.4) is 0 Å². The molecule has 0 amide bonds. The molecule has 2 aromatic carbocycles. The van der Waals surface area contributed by atoms with Crippen LogP contribution >= 0.6 is 0 Å². The summed E-state index contributed by atoms with van der Waals surface area (Å²) in [6.45, 7) is 16.1. The monoisotopic (exact) mass is 577 g/mol. The molecule has 5 rings (SSSR count). The lowest BCUT2D eigenvalue weighted by molar-refractivity contribution is 0.166. The van der Waals surface area contributed by atoms with Gasteiger partial charge in [0.25, 0.3) is 5.56 Å². The molecule has 3 aromatic rings. The molecule has 43 heavy (non-hydrogen) atoms. The third-order valence-corrected chi connectivity index (χ3v) is 7.64. The molecule has 6 heteroatoms. The molecule has 0 spiro atoms. The van der Waals surface area contributed by atoms with Gasteiger partial charge < -0.3 is 4.74 Å². The highest BCUT2D eigenvalue weighted by molar-refractivity contribution is 5.99. The first-order chi connectivity index (χ1) is 21.0. The molecule has 1 radical (unpaired) electrons. The highest BCUT2D eigenvalue weighted by atomic mass is 16.5. The van der Waals surface area contributed by atoms with Crippen LogP contribution in [-0.2, 0) is 17.7 Å². The molecule has 1 aliphatic heterocycles. The maximum Gasteiger partial charge on any atom is 0.267 e. The van der Waals surface area contributed by atoms with E-state index in [1.807, 2.05) is 45.0 Å². The Morgan fingerprint density at radius 3 is 2.51 bits per heavy atom. The van der Waals surface area contributed by atoms with E-state index in [9.17, 15) is 4.79 Å². The molecule has 0 fully saturated rings. The number of rotatable bonds is 12. The van der Waals surface area contributed by atoms with Crippen LogP contribution in [0.2, 0.25) is 0 Å². The van der Waals surface area contributed by atoms with Crippen molar-refractivity contribution < 1.29 is 4.74 Å². The van der Waals surface area contributed by atoms with Crippen LogP contribution in [0.4, 0.5) is 0 Å². The number of hydrogen-bond donors (Lipinski definition) is 0. The number of ether oxygens (including phenoxy) is 1. The molecule has 0 atom stereocenters. The average molecular weight is 578 g/mol. The van der Waals surface area contributed by atoms with E-state index in [4.69, 9.17) is 4.74 Å². The number of allylic oxidation sites excluding steroid dienone is 1. The minimum Gasteiger partial charge on any atom is -0.491 e. The molecule has 1 aliphatic carbocycles. The first-order valence-corrected chi connectivity index (χ1v) is 15.6. The first kappa shape index (κ1) is 31.9. The van der Waals surface area contributed by atoms with E-state index in [1.54, 1.807) is 35.6 Å². The number of hydrogen-bond acceptors (Lipinski definition) is 5. The second-order valence-corrected chi connectivity index (χ2v) is 10.7. The van der Waals surface area contributed by atoms with E-state index in [0.29, 0.717) is 18.9 Å². The van der Waals surface area contributed by atoms with Gasteiger partial charge in [-0.25, -0.2) is 4.68 Å². The Bertz CT molecular complexity index is 1530. The normalized spacial score (nSPS) is 15.3. The van der Waals surface area contributed by atoms with Crippen molar-refractivity contribution in [3.8, 4) is 11.3 Å². The number of benzene rings is 2. The zero-order valence-electron chi connectivity index (χ0n) is 26.2. The second kappa shape index (κ2) is 16.0. The summed E-state index contributed by atoms with van der Waals surface area (Å²) in [5.74, 6) is 0.658. The van der Waals surface area contributed by atoms with E-state index in [-0.39, 0.29) is 5.56 Å². The van der Waals surface area contributed by atoms with Crippen LogP contribution < -0.4 is 5.56 Å². The average Bonchev–Trinajstić information content (AvgIpc) is 3.82. The van der Waals surface area contributed by atoms with E-state index in [1.165, 1.54) is 10.2 Å². The third kappa shape index (κ3) is 9.23. The summed E-state index contributed by atoms with van der Waals surface area (Å²) in [5, 5.41) is 4.69. The fourth-order valence-corrected chi connectivity index (χ4v) is 5.17. The summed E-state index contributed by atoms with van der Waals surface area (Å²) < 4.78 is 7.50. The summed E-state index contributed by atoms with van der Waals surface area (Å²) >= 11 is 0. The van der Waals surface area contributed by atoms with Crippen molar-refractivity contribution in [2.75, 3.05) is 26.2 Å². The summed E-state index contributed by atoms with van der Waals surface area (Å²) in [6.07, 6.45) is 10.2. The van der Waals surface area contributed by atoms with Crippen LogP contribution in [-0.4, -0.2) is 46.6 Å². The van der Waals surface area contributed by atoms with Crippen LogP contribution in [0.1, 0.15) is 63.6 Å². The van der Waals surface area contributed by atoms with Crippen LogP contribution in [0.25, 0.3) is 11.3 Å². The number of likely N-dealkylation sites (tertiary alicyclic amines) is 1. The molecule has 0 unspecified atom stereocenters. The van der Waals surface area contributed by atoms with Crippen LogP contribution in [0.15, 0.2) is 106 Å². The third-order valence-electron chi connectivity index (χ3n) is 7.64. The van der Waals surface area contributed by atoms with Gasteiger partial charge in [-0.2, -0.15) is 5.10 Å². The largest absolute Gasteiger partial charge is 0.491 e. The number of aromatic nitrogens is 2. The van der Waals surface area contributed by atoms with Crippen molar-refractivity contribution in [2.45, 2.75) is 59.9 Å². The van der Waals surface area contributed by atoms with Gasteiger partial charge in [-0.1, -0.05) is 81.3 Å². The molecular weight excluding hydrogens is 532 g/mol. The van der Waals surface area contributed by atoms with E-state index in [2.05, 4.69) is 59.2 Å². The lowest BCUT2D eigenvalue weighted by atomic mass is 10.0. The van der Waals surface area contributed by atoms with E-state index >= 15 is 0 Å². The van der Waals surface area contributed by atoms with Gasteiger partial charge in [0.1, 0.15) is 12.4 Å². The SMILES string of the molecule is C=C/C(=C\N=C(C)c1cccc(Cn2nc(-c3cccc(CCC)c3)ccc2=O)c1)OCCN1CCC2=C([CH]2)CC1.CC. The van der Waals surface area contributed by atoms with Crippen molar-refractivity contribution >= 4 is 5.71 Å². The maximum atomic E-state index is 12.7. The standard InChI is InChI=1S/C35H39N4O2.C2H6/c1-4-8-27-9-6-12-32(21-27)34-13-14-35(40)39(37-34)25-28-10-7-11-29(22-28)26(3)36-24-33(5-2)41-20-19-38-17-15-30-23-31(30)16-18-38;1-2/h5-7,9-14,21-24H,2,4,8,15-20,25H2,1,3H3;1-2H3/b33-24+,36-26?;. The lowest BCUT2D eigenvalue weighted by Gasteiger charge is -2.20. The molecule has 6 nitrogen and oxygen atoms in total. The molecule has 0 saturated carbocycles. The molecule has 0 saturated heterocycles. The van der Waals surface area contributed by atoms with Gasteiger partial charge in [0, 0.05) is 43.4 Å². The summed E-state index contributed by atoms with van der Waals surface area (Å²) in [5.41, 5.74) is 8.89. The molecular formula is C37H45N4O2. The molecule has 2 heterocycles. The van der Waals surface area contributed by atoms with Crippen molar-refractivity contribution in [1.29, 1.82) is 0 Å². The molecule has 0 bridgehead atoms. The summed E-state index contributed by atoms with van der Waals surface area (Å²) in [4.78, 5) is 19.8. The predicted molar refractivity (Wildman–Crippen MR) is 178 cm³/mol. The van der Waals surface area contributed by atoms with Gasteiger partial charge in [-0.3, -0.25) is 14.7 Å². The maximum absolute atomic E-state index is 12.7. The van der Waals surface area contributed by atoms with Crippen molar-refractivity contribution in [2.24, 2.45) is 4.99 Å². The Balaban J connectivity index is 0.00000207. The van der Waals surface area contributed by atoms with Gasteiger partial charge in [0.05, 0.1) is 18.4 Å². The fraction of sp³-hybridized carbons (Fsp3) is 0.351. The van der Waals surface area contributed by atoms with Gasteiger partial charge in [-0.15, -0.1) is 0 Å². The predicted octanol–water partition coefficient (Wildman–Crippen LogP) is 7.40. The van der Waals surface area contributed by atoms with Crippen molar-refractivity contribution in [1.82, 2.24) is 14.7 Å². The molecule has 2 aliphatic rings. The highest BCUT2D eigenvalue weighted by Crippen LogP contribution is 2.37. The molecule has 0 N–H and O–H groups in total. The number of aliphatic imine (C=N–C) groups is 1. The van der Waals surface area contributed by atoms with Crippen molar-refractivity contribution in [3.05, 3.63) is 130 Å². The van der Waals surface area contributed by atoms with Gasteiger partial charge in [-0.05, 0) is 67.2 Å². The highest BCUT2D eigenvalue weighted by Gasteiger charge is 2.25. The summed E-state index contributed by atoms with van der Waals surface area (Å²) in [7, 11) is 0. The van der Waals surface area contributed by atoms with Crippen molar-refractivity contribution in [3.63, 3.8) is 0 Å². The van der Waals surface area contributed by atoms with Gasteiger partial charge >= 0.3 is 0 Å². The quantitative estimate of drug-likeness (QED) is 0.128. The van der Waals surface area contributed by atoms with Crippen LogP contribution in [0, 0.1) is 6.42 Å². The Kier molecular flexibility index (Phi) is 11.9. The zero-order chi connectivity index (χ0) is 30.6. The van der Waals surface area contributed by atoms with Gasteiger partial charge in [0.2, 0.25) is 0 Å². The summed E-state index contributed by atoms with van der Waals surface area (Å²) in [6, 6.07) is 19.9. The Labute approximate surface area is 257 Å². The number of aryl methyl sites for hydroxylation is 1.